The molecule has 2 rings (SSSR count). The third-order valence-corrected chi connectivity index (χ3v) is 4.04. The molecule has 0 saturated carbocycles. The number of likely N-dealkylation sites (tertiary alicyclic amines) is 1. The Hall–Kier alpha value is -1.59. The Balaban J connectivity index is 1.95. The number of carbonyl (C=O) groups is 1. The van der Waals surface area contributed by atoms with Gasteiger partial charge in [0.1, 0.15) is 0 Å². The van der Waals surface area contributed by atoms with Crippen molar-refractivity contribution >= 4 is 11.6 Å². The summed E-state index contributed by atoms with van der Waals surface area (Å²) in [5, 5.41) is 3.05. The molecule has 0 bridgehead atoms. The number of benzene rings is 1. The Labute approximate surface area is 120 Å². The number of likely N-dealkylation sites (N-methyl/N-ethyl adjacent to an activating group) is 1. The van der Waals surface area contributed by atoms with E-state index in [1.54, 1.807) is 0 Å². The first-order valence-electron chi connectivity index (χ1n) is 7.25. The number of carbonyl (C=O) groups excluding carboxylic acids is 1. The van der Waals surface area contributed by atoms with Gasteiger partial charge in [-0.05, 0) is 56.6 Å². The summed E-state index contributed by atoms with van der Waals surface area (Å²) in [6.07, 6.45) is 2.40. The number of hydrazine groups is 1. The first kappa shape index (κ1) is 14.8. The zero-order chi connectivity index (χ0) is 14.5. The maximum Gasteiger partial charge on any atom is 0.251 e. The van der Waals surface area contributed by atoms with E-state index in [0.29, 0.717) is 11.6 Å². The van der Waals surface area contributed by atoms with E-state index in [1.807, 2.05) is 25.1 Å². The number of aryl methyl sites for hydroxylation is 1. The summed E-state index contributed by atoms with van der Waals surface area (Å²) in [6, 6.07) is 5.99. The number of hydrogen-bond acceptors (Lipinski definition) is 4. The molecule has 1 saturated heterocycles. The van der Waals surface area contributed by atoms with E-state index in [9.17, 15) is 4.79 Å². The van der Waals surface area contributed by atoms with Gasteiger partial charge >= 0.3 is 0 Å². The molecule has 20 heavy (non-hydrogen) atoms. The van der Waals surface area contributed by atoms with E-state index in [2.05, 4.69) is 22.6 Å². The van der Waals surface area contributed by atoms with Crippen molar-refractivity contribution in [2.24, 2.45) is 5.84 Å². The van der Waals surface area contributed by atoms with Gasteiger partial charge in [0.25, 0.3) is 5.91 Å². The lowest BCUT2D eigenvalue weighted by Crippen LogP contribution is -2.40. The predicted octanol–water partition coefficient (Wildman–Crippen LogP) is 1.49. The first-order valence-corrected chi connectivity index (χ1v) is 7.25. The van der Waals surface area contributed by atoms with Crippen LogP contribution in [0.2, 0.25) is 0 Å². The smallest absolute Gasteiger partial charge is 0.251 e. The molecule has 0 aromatic heterocycles. The molecule has 1 aliphatic rings. The van der Waals surface area contributed by atoms with Crippen LogP contribution in [0.1, 0.15) is 35.7 Å². The summed E-state index contributed by atoms with van der Waals surface area (Å²) in [7, 11) is 0. The number of nitrogen functional groups attached to an aromatic ring is 1. The van der Waals surface area contributed by atoms with Gasteiger partial charge in [0, 0.05) is 23.8 Å². The summed E-state index contributed by atoms with van der Waals surface area (Å²) < 4.78 is 0. The highest BCUT2D eigenvalue weighted by Gasteiger charge is 2.23. The highest BCUT2D eigenvalue weighted by Crippen LogP contribution is 2.17. The molecule has 1 heterocycles. The molecule has 1 aliphatic heterocycles. The van der Waals surface area contributed by atoms with Crippen LogP contribution in [0.4, 0.5) is 5.69 Å². The minimum absolute atomic E-state index is 0.00553. The fourth-order valence-electron chi connectivity index (χ4n) is 2.86. The summed E-state index contributed by atoms with van der Waals surface area (Å²) >= 11 is 0. The van der Waals surface area contributed by atoms with Crippen LogP contribution in [-0.2, 0) is 0 Å². The quantitative estimate of drug-likeness (QED) is 0.563. The van der Waals surface area contributed by atoms with Crippen molar-refractivity contribution in [3.63, 3.8) is 0 Å². The zero-order valence-corrected chi connectivity index (χ0v) is 12.3. The molecule has 0 radical (unpaired) electrons. The van der Waals surface area contributed by atoms with Gasteiger partial charge in [0.2, 0.25) is 0 Å². The summed E-state index contributed by atoms with van der Waals surface area (Å²) in [5.41, 5.74) is 5.04. The molecule has 4 N–H and O–H groups in total. The van der Waals surface area contributed by atoms with Gasteiger partial charge in [-0.2, -0.15) is 0 Å². The third kappa shape index (κ3) is 3.29. The fourth-order valence-corrected chi connectivity index (χ4v) is 2.86. The number of nitrogens with two attached hydrogens (primary N) is 1. The van der Waals surface area contributed by atoms with E-state index >= 15 is 0 Å². The van der Waals surface area contributed by atoms with Crippen LogP contribution in [0, 0.1) is 6.92 Å². The van der Waals surface area contributed by atoms with Gasteiger partial charge in [-0.1, -0.05) is 6.92 Å². The average Bonchev–Trinajstić information content (AvgIpc) is 2.92. The lowest BCUT2D eigenvalue weighted by Gasteiger charge is -2.23. The monoisotopic (exact) mass is 276 g/mol. The van der Waals surface area contributed by atoms with Gasteiger partial charge in [0.15, 0.2) is 0 Å². The molecular weight excluding hydrogens is 252 g/mol. The van der Waals surface area contributed by atoms with Gasteiger partial charge in [-0.15, -0.1) is 0 Å². The molecule has 110 valence electrons. The molecule has 1 aromatic rings. The van der Waals surface area contributed by atoms with E-state index in [0.717, 1.165) is 30.9 Å². The molecule has 1 unspecified atom stereocenters. The minimum atomic E-state index is -0.00553. The highest BCUT2D eigenvalue weighted by atomic mass is 16.1. The lowest BCUT2D eigenvalue weighted by atomic mass is 10.1. The van der Waals surface area contributed by atoms with Crippen molar-refractivity contribution in [3.8, 4) is 0 Å². The summed E-state index contributed by atoms with van der Waals surface area (Å²) in [5.74, 6) is 5.36. The number of nitrogens with one attached hydrogen (secondary N) is 2. The van der Waals surface area contributed by atoms with Crippen molar-refractivity contribution in [3.05, 3.63) is 29.3 Å². The summed E-state index contributed by atoms with van der Waals surface area (Å²) in [6.45, 7) is 7.01. The predicted molar refractivity (Wildman–Crippen MR) is 81.6 cm³/mol. The van der Waals surface area contributed by atoms with Crippen LogP contribution < -0.4 is 16.6 Å². The number of nitrogens with zero attached hydrogens (tertiary/aromatic N) is 1. The van der Waals surface area contributed by atoms with Gasteiger partial charge in [-0.3, -0.25) is 15.5 Å². The van der Waals surface area contributed by atoms with Crippen LogP contribution >= 0.6 is 0 Å². The largest absolute Gasteiger partial charge is 0.350 e. The van der Waals surface area contributed by atoms with Crippen molar-refractivity contribution in [2.75, 3.05) is 25.1 Å². The Morgan fingerprint density at radius 3 is 2.95 bits per heavy atom. The van der Waals surface area contributed by atoms with Crippen molar-refractivity contribution in [1.29, 1.82) is 0 Å². The maximum atomic E-state index is 12.2. The first-order chi connectivity index (χ1) is 9.65. The number of hydrogen-bond donors (Lipinski definition) is 3. The highest BCUT2D eigenvalue weighted by molar-refractivity contribution is 5.96. The van der Waals surface area contributed by atoms with Crippen LogP contribution in [0.5, 0.6) is 0 Å². The van der Waals surface area contributed by atoms with Crippen LogP contribution in [-0.4, -0.2) is 36.5 Å². The maximum absolute atomic E-state index is 12.2. The number of rotatable bonds is 5. The number of amides is 1. The third-order valence-electron chi connectivity index (χ3n) is 4.04. The van der Waals surface area contributed by atoms with Gasteiger partial charge in [-0.25, -0.2) is 0 Å². The van der Waals surface area contributed by atoms with E-state index in [-0.39, 0.29) is 5.91 Å². The summed E-state index contributed by atoms with van der Waals surface area (Å²) in [4.78, 5) is 14.7. The lowest BCUT2D eigenvalue weighted by molar-refractivity contribution is 0.0941. The molecule has 1 atom stereocenters. The topological polar surface area (TPSA) is 70.4 Å². The molecule has 5 nitrogen and oxygen atoms in total. The van der Waals surface area contributed by atoms with Crippen molar-refractivity contribution in [2.45, 2.75) is 32.7 Å². The molecule has 1 aromatic carbocycles. The van der Waals surface area contributed by atoms with Crippen molar-refractivity contribution < 1.29 is 4.79 Å². The van der Waals surface area contributed by atoms with Crippen LogP contribution in [0.25, 0.3) is 0 Å². The molecular formula is C15H24N4O. The molecule has 1 fully saturated rings. The molecule has 0 spiro atoms. The Morgan fingerprint density at radius 2 is 2.30 bits per heavy atom. The van der Waals surface area contributed by atoms with Gasteiger partial charge in [0.05, 0.1) is 0 Å². The second kappa shape index (κ2) is 6.72. The van der Waals surface area contributed by atoms with E-state index in [1.165, 1.54) is 12.8 Å². The SMILES string of the molecule is CCN1CCCC1CNC(=O)c1ccc(NN)cc1C. The fraction of sp³-hybridized carbons (Fsp3) is 0.533. The second-order valence-electron chi connectivity index (χ2n) is 5.31. The standard InChI is InChI=1S/C15H24N4O/c1-3-19-8-4-5-13(19)10-17-15(20)14-7-6-12(18-16)9-11(14)2/h6-7,9,13,18H,3-5,8,10,16H2,1-2H3,(H,17,20). The Morgan fingerprint density at radius 1 is 1.50 bits per heavy atom. The average molecular weight is 276 g/mol. The van der Waals surface area contributed by atoms with Crippen LogP contribution in [0.15, 0.2) is 18.2 Å². The second-order valence-corrected chi connectivity index (χ2v) is 5.31. The van der Waals surface area contributed by atoms with E-state index in [4.69, 9.17) is 5.84 Å². The molecule has 1 amide bonds. The normalized spacial score (nSPS) is 19.1. The Kier molecular flexibility index (Phi) is 4.98. The van der Waals surface area contributed by atoms with Gasteiger partial charge < -0.3 is 10.7 Å². The number of anilines is 1. The molecule has 0 aliphatic carbocycles. The zero-order valence-electron chi connectivity index (χ0n) is 12.3. The van der Waals surface area contributed by atoms with E-state index < -0.39 is 0 Å². The van der Waals surface area contributed by atoms with Crippen molar-refractivity contribution in [1.82, 2.24) is 10.2 Å². The van der Waals surface area contributed by atoms with Crippen LogP contribution in [0.3, 0.4) is 0 Å². The Bertz CT molecular complexity index is 475. The minimum Gasteiger partial charge on any atom is -0.350 e. The molecule has 5 heteroatoms.